The van der Waals surface area contributed by atoms with Crippen LogP contribution in [0, 0.1) is 10.6 Å². The van der Waals surface area contributed by atoms with Gasteiger partial charge in [-0.15, -0.1) is 0 Å². The summed E-state index contributed by atoms with van der Waals surface area (Å²) >= 11 is 0. The van der Waals surface area contributed by atoms with Crippen LogP contribution in [0.1, 0.15) is 36.7 Å². The fraction of sp³-hybridized carbons (Fsp3) is 0.333. The van der Waals surface area contributed by atoms with Crippen molar-refractivity contribution in [3.8, 4) is 0 Å². The summed E-state index contributed by atoms with van der Waals surface area (Å²) in [5.74, 6) is -0.973. The Morgan fingerprint density at radius 2 is 1.62 bits per heavy atom. The minimum atomic E-state index is -0.973. The molecule has 0 bridgehead atoms. The first kappa shape index (κ1) is 12.2. The second kappa shape index (κ2) is 4.35. The van der Waals surface area contributed by atoms with Crippen LogP contribution in [0.3, 0.4) is 0 Å². The van der Waals surface area contributed by atoms with Crippen molar-refractivity contribution in [1.29, 1.82) is 0 Å². The van der Waals surface area contributed by atoms with Gasteiger partial charge in [0.2, 0.25) is 0 Å². The molecule has 0 unspecified atom stereocenters. The number of aromatic carboxylic acids is 1. The van der Waals surface area contributed by atoms with Crippen molar-refractivity contribution >= 4 is 11.7 Å². The van der Waals surface area contributed by atoms with Crippen molar-refractivity contribution in [3.63, 3.8) is 0 Å². The molecular formula is C12H15NO3. The number of nitrogens with one attached hydrogen (secondary N) is 1. The highest BCUT2D eigenvalue weighted by molar-refractivity contribution is 6.00. The molecule has 1 aromatic rings. The predicted molar refractivity (Wildman–Crippen MR) is 61.3 cm³/mol. The van der Waals surface area contributed by atoms with E-state index in [1.807, 2.05) is 25.9 Å². The van der Waals surface area contributed by atoms with Gasteiger partial charge in [-0.05, 0) is 24.3 Å². The first-order valence-corrected chi connectivity index (χ1v) is 4.95. The summed E-state index contributed by atoms with van der Waals surface area (Å²) in [5.41, 5.74) is 1.17. The number of rotatable bonds is 2. The van der Waals surface area contributed by atoms with Crippen LogP contribution in [-0.4, -0.2) is 16.8 Å². The first-order chi connectivity index (χ1) is 7.36. The van der Waals surface area contributed by atoms with Gasteiger partial charge in [0.1, 0.15) is 0 Å². The minimum absolute atomic E-state index is 0.211. The Labute approximate surface area is 94.2 Å². The highest BCUT2D eigenvalue weighted by Crippen LogP contribution is 2.19. The van der Waals surface area contributed by atoms with Crippen LogP contribution in [0.2, 0.25) is 0 Å². The molecule has 0 radical (unpaired) electrons. The van der Waals surface area contributed by atoms with Crippen molar-refractivity contribution < 1.29 is 15.1 Å². The Bertz CT molecular complexity index is 413. The molecular weight excluding hydrogens is 206 g/mol. The molecule has 1 aromatic carbocycles. The summed E-state index contributed by atoms with van der Waals surface area (Å²) in [6, 6.07) is 6.24. The summed E-state index contributed by atoms with van der Waals surface area (Å²) in [4.78, 5) is 10.7. The molecule has 0 spiro atoms. The lowest BCUT2D eigenvalue weighted by atomic mass is 9.85. The van der Waals surface area contributed by atoms with Crippen LogP contribution in [0.4, 0.5) is 0 Å². The lowest BCUT2D eigenvalue weighted by Crippen LogP contribution is -2.69. The summed E-state index contributed by atoms with van der Waals surface area (Å²) in [5, 5.41) is 21.6. The van der Waals surface area contributed by atoms with Gasteiger partial charge < -0.3 is 10.3 Å². The lowest BCUT2D eigenvalue weighted by Gasteiger charge is -2.17. The molecule has 4 nitrogen and oxygen atoms in total. The monoisotopic (exact) mass is 221 g/mol. The second-order valence-corrected chi connectivity index (χ2v) is 4.61. The smallest absolute Gasteiger partial charge is 0.335 e. The van der Waals surface area contributed by atoms with Gasteiger partial charge in [-0.3, -0.25) is 0 Å². The molecule has 86 valence electrons. The van der Waals surface area contributed by atoms with E-state index in [0.717, 1.165) is 0 Å². The molecule has 0 saturated carbocycles. The molecule has 0 aliphatic rings. The first-order valence-electron chi connectivity index (χ1n) is 4.95. The van der Waals surface area contributed by atoms with Crippen LogP contribution >= 0.6 is 0 Å². The Kier molecular flexibility index (Phi) is 3.32. The van der Waals surface area contributed by atoms with E-state index >= 15 is 0 Å². The van der Waals surface area contributed by atoms with Gasteiger partial charge in [-0.1, -0.05) is 20.8 Å². The Morgan fingerprint density at radius 1 is 1.19 bits per heavy atom. The molecule has 0 aliphatic carbocycles. The van der Waals surface area contributed by atoms with E-state index < -0.39 is 5.97 Å². The topological polar surface area (TPSA) is 74.3 Å². The summed E-state index contributed by atoms with van der Waals surface area (Å²) in [7, 11) is 0. The maximum Gasteiger partial charge on any atom is 0.335 e. The van der Waals surface area contributed by atoms with Crippen molar-refractivity contribution in [2.45, 2.75) is 20.8 Å². The Morgan fingerprint density at radius 3 is 1.94 bits per heavy atom. The molecule has 0 heterocycles. The highest BCUT2D eigenvalue weighted by Gasteiger charge is 2.25. The van der Waals surface area contributed by atoms with Gasteiger partial charge in [0, 0.05) is 11.0 Å². The quantitative estimate of drug-likeness (QED) is 0.440. The van der Waals surface area contributed by atoms with E-state index in [4.69, 9.17) is 5.11 Å². The van der Waals surface area contributed by atoms with Crippen LogP contribution in [0.25, 0.3) is 0 Å². The molecule has 0 atom stereocenters. The SMILES string of the molecule is CC(C)(C)C(=[NH+][O-])c1ccc(C(=O)O)cc1. The highest BCUT2D eigenvalue weighted by atomic mass is 16.4. The second-order valence-electron chi connectivity index (χ2n) is 4.61. The van der Waals surface area contributed by atoms with Gasteiger partial charge in [0.05, 0.1) is 5.56 Å². The van der Waals surface area contributed by atoms with Crippen LogP contribution in [-0.2, 0) is 0 Å². The maximum absolute atomic E-state index is 10.9. The fourth-order valence-corrected chi connectivity index (χ4v) is 1.42. The van der Waals surface area contributed by atoms with E-state index in [0.29, 0.717) is 11.3 Å². The van der Waals surface area contributed by atoms with Gasteiger partial charge in [0.25, 0.3) is 0 Å². The van der Waals surface area contributed by atoms with E-state index in [2.05, 4.69) is 0 Å². The third-order valence-electron chi connectivity index (χ3n) is 2.27. The average Bonchev–Trinajstić information content (AvgIpc) is 2.17. The van der Waals surface area contributed by atoms with Crippen molar-refractivity contribution in [3.05, 3.63) is 40.6 Å². The molecule has 0 saturated heterocycles. The largest absolute Gasteiger partial charge is 0.625 e. The lowest BCUT2D eigenvalue weighted by molar-refractivity contribution is -0.377. The molecule has 0 amide bonds. The van der Waals surface area contributed by atoms with E-state index in [1.54, 1.807) is 12.1 Å². The summed E-state index contributed by atoms with van der Waals surface area (Å²) in [6.07, 6.45) is 0. The molecule has 2 N–H and O–H groups in total. The zero-order valence-electron chi connectivity index (χ0n) is 9.57. The molecule has 16 heavy (non-hydrogen) atoms. The summed E-state index contributed by atoms with van der Waals surface area (Å²) in [6.45, 7) is 5.75. The van der Waals surface area contributed by atoms with E-state index in [1.165, 1.54) is 12.1 Å². The number of carboxylic acids is 1. The zero-order valence-corrected chi connectivity index (χ0v) is 9.57. The normalized spacial score (nSPS) is 12.6. The molecule has 0 aromatic heterocycles. The molecule has 0 aliphatic heterocycles. The number of benzene rings is 1. The number of hydrogen-bond acceptors (Lipinski definition) is 2. The average molecular weight is 221 g/mol. The van der Waals surface area contributed by atoms with Gasteiger partial charge in [-0.2, -0.15) is 0 Å². The van der Waals surface area contributed by atoms with Crippen molar-refractivity contribution in [2.24, 2.45) is 5.41 Å². The zero-order chi connectivity index (χ0) is 12.3. The van der Waals surface area contributed by atoms with E-state index in [-0.39, 0.29) is 11.0 Å². The van der Waals surface area contributed by atoms with Gasteiger partial charge in [-0.25, -0.2) is 9.95 Å². The fourth-order valence-electron chi connectivity index (χ4n) is 1.42. The molecule has 0 fully saturated rings. The van der Waals surface area contributed by atoms with Crippen molar-refractivity contribution in [2.75, 3.05) is 0 Å². The van der Waals surface area contributed by atoms with Gasteiger partial charge >= 0.3 is 5.97 Å². The third kappa shape index (κ3) is 2.59. The van der Waals surface area contributed by atoms with Crippen LogP contribution in [0.5, 0.6) is 0 Å². The molecule has 1 rings (SSSR count). The number of carbonyl (C=O) groups is 1. The minimum Gasteiger partial charge on any atom is -0.625 e. The van der Waals surface area contributed by atoms with Crippen LogP contribution in [0.15, 0.2) is 24.3 Å². The Balaban J connectivity index is 3.11. The van der Waals surface area contributed by atoms with Crippen molar-refractivity contribution in [1.82, 2.24) is 0 Å². The molecule has 4 heteroatoms. The van der Waals surface area contributed by atoms with Crippen LogP contribution < -0.4 is 5.16 Å². The maximum atomic E-state index is 10.9. The number of carboxylic acid groups (broad SMARTS) is 1. The number of hydrogen-bond donors (Lipinski definition) is 2. The predicted octanol–water partition coefficient (Wildman–Crippen LogP) is 0.798. The Hall–Kier alpha value is -1.84. The third-order valence-corrected chi connectivity index (χ3v) is 2.27. The summed E-state index contributed by atoms with van der Waals surface area (Å²) < 4.78 is 0. The van der Waals surface area contributed by atoms with Gasteiger partial charge in [0.15, 0.2) is 5.71 Å². The van der Waals surface area contributed by atoms with E-state index in [9.17, 15) is 10.0 Å². The standard InChI is InChI=1S/C12H15NO3/c1-12(2,3)10(13-16)8-4-6-9(7-5-8)11(14)15/h4-7,13H,1-3H3,(H-,14,15,16).